The fourth-order valence-corrected chi connectivity index (χ4v) is 3.88. The number of rotatable bonds is 7. The number of alkyl halides is 2. The molecule has 3 heterocycles. The minimum Gasteiger partial charge on any atom is -0.492 e. The van der Waals surface area contributed by atoms with Gasteiger partial charge in [-0.05, 0) is 42.5 Å². The van der Waals surface area contributed by atoms with Crippen molar-refractivity contribution >= 4 is 11.6 Å². The van der Waals surface area contributed by atoms with E-state index in [0.717, 1.165) is 0 Å². The van der Waals surface area contributed by atoms with Gasteiger partial charge in [-0.3, -0.25) is 9.78 Å². The summed E-state index contributed by atoms with van der Waals surface area (Å²) < 4.78 is 54.2. The molecule has 1 fully saturated rings. The first-order valence-electron chi connectivity index (χ1n) is 10.3. The van der Waals surface area contributed by atoms with Crippen molar-refractivity contribution in [2.24, 2.45) is 5.92 Å². The second-order valence-electron chi connectivity index (χ2n) is 7.80. The van der Waals surface area contributed by atoms with E-state index in [9.17, 15) is 18.0 Å². The van der Waals surface area contributed by atoms with Crippen LogP contribution in [0.3, 0.4) is 0 Å². The quantitative estimate of drug-likeness (QED) is 0.517. The van der Waals surface area contributed by atoms with Crippen molar-refractivity contribution in [3.8, 4) is 22.8 Å². The van der Waals surface area contributed by atoms with E-state index >= 15 is 0 Å². The number of amides is 1. The van der Waals surface area contributed by atoms with Gasteiger partial charge >= 0.3 is 6.61 Å². The molecule has 0 bridgehead atoms. The number of carbonyl (C=O) groups excluding carboxylic acids is 1. The third kappa shape index (κ3) is 4.23. The van der Waals surface area contributed by atoms with Crippen molar-refractivity contribution < 1.29 is 32.2 Å². The Labute approximate surface area is 187 Å². The predicted octanol–water partition coefficient (Wildman–Crippen LogP) is 4.67. The fourth-order valence-electron chi connectivity index (χ4n) is 3.88. The molecule has 9 heteroatoms. The maximum Gasteiger partial charge on any atom is 0.387 e. The molecular formula is C24H19F3N2O4. The number of nitrogens with zero attached hydrogens (tertiary/aromatic N) is 2. The Morgan fingerprint density at radius 3 is 2.58 bits per heavy atom. The van der Waals surface area contributed by atoms with E-state index in [1.165, 1.54) is 35.4 Å². The Hall–Kier alpha value is -3.59. The molecule has 3 aromatic rings. The molecule has 1 saturated heterocycles. The molecule has 2 aliphatic rings. The van der Waals surface area contributed by atoms with Crippen LogP contribution in [-0.4, -0.2) is 37.3 Å². The van der Waals surface area contributed by atoms with Crippen LogP contribution in [0.4, 0.5) is 18.9 Å². The summed E-state index contributed by atoms with van der Waals surface area (Å²) in [6.45, 7) is -1.10. The van der Waals surface area contributed by atoms with Crippen molar-refractivity contribution in [2.75, 3.05) is 24.7 Å². The number of hydrogen-bond acceptors (Lipinski definition) is 5. The fraction of sp³-hybridized carbons (Fsp3) is 0.250. The van der Waals surface area contributed by atoms with Crippen LogP contribution in [0.15, 0.2) is 54.7 Å². The Morgan fingerprint density at radius 1 is 1.09 bits per heavy atom. The van der Waals surface area contributed by atoms with Gasteiger partial charge in [0.1, 0.15) is 17.3 Å². The molecule has 1 aromatic heterocycles. The van der Waals surface area contributed by atoms with Gasteiger partial charge < -0.3 is 19.1 Å². The summed E-state index contributed by atoms with van der Waals surface area (Å²) in [6.07, 6.45) is 1.53. The lowest BCUT2D eigenvalue weighted by Gasteiger charge is -2.26. The maximum atomic E-state index is 14.0. The Balaban J connectivity index is 1.45. The Kier molecular flexibility index (Phi) is 5.63. The predicted molar refractivity (Wildman–Crippen MR) is 113 cm³/mol. The molecule has 0 spiro atoms. The largest absolute Gasteiger partial charge is 0.492 e. The van der Waals surface area contributed by atoms with Crippen LogP contribution < -0.4 is 14.4 Å². The van der Waals surface area contributed by atoms with Gasteiger partial charge in [0.25, 0.3) is 5.91 Å². The molecule has 33 heavy (non-hydrogen) atoms. The monoisotopic (exact) mass is 456 g/mol. The number of hydrogen-bond donors (Lipinski definition) is 0. The van der Waals surface area contributed by atoms with Gasteiger partial charge in [-0.1, -0.05) is 0 Å². The van der Waals surface area contributed by atoms with E-state index in [4.69, 9.17) is 9.47 Å². The number of fused-ring (bicyclic) bond motifs is 1. The standard InChI is InChI=1S/C24H19F3N2O4/c25-15-1-6-19(21(9-15)32-13-14-11-31-12-14)22-20-10-29(23(30)18(20)7-8-28-22)16-2-4-17(5-3-16)33-24(26)27/h1-9,14,24H,10-13H2. The summed E-state index contributed by atoms with van der Waals surface area (Å²) in [6, 6.07) is 11.7. The van der Waals surface area contributed by atoms with E-state index in [1.54, 1.807) is 24.3 Å². The van der Waals surface area contributed by atoms with Crippen molar-refractivity contribution in [2.45, 2.75) is 13.2 Å². The number of carbonyl (C=O) groups is 1. The lowest BCUT2D eigenvalue weighted by molar-refractivity contribution is -0.0508. The molecule has 0 unspecified atom stereocenters. The first kappa shape index (κ1) is 21.3. The van der Waals surface area contributed by atoms with Gasteiger partial charge in [-0.25, -0.2) is 4.39 Å². The van der Waals surface area contributed by atoms with Crippen molar-refractivity contribution in [1.29, 1.82) is 0 Å². The zero-order valence-electron chi connectivity index (χ0n) is 17.3. The van der Waals surface area contributed by atoms with Crippen LogP contribution in [0.5, 0.6) is 11.5 Å². The van der Waals surface area contributed by atoms with Gasteiger partial charge in [0.05, 0.1) is 32.1 Å². The van der Waals surface area contributed by atoms with Gasteiger partial charge in [0.2, 0.25) is 0 Å². The first-order chi connectivity index (χ1) is 16.0. The third-order valence-corrected chi connectivity index (χ3v) is 5.60. The summed E-state index contributed by atoms with van der Waals surface area (Å²) in [5.74, 6) is -0.0699. The number of aromatic nitrogens is 1. The zero-order valence-corrected chi connectivity index (χ0v) is 17.3. The number of ether oxygens (including phenoxy) is 3. The summed E-state index contributed by atoms with van der Waals surface area (Å²) in [7, 11) is 0. The highest BCUT2D eigenvalue weighted by molar-refractivity contribution is 6.11. The van der Waals surface area contributed by atoms with Gasteiger partial charge in [-0.15, -0.1) is 0 Å². The summed E-state index contributed by atoms with van der Waals surface area (Å²) in [4.78, 5) is 19.1. The second-order valence-corrected chi connectivity index (χ2v) is 7.80. The minimum atomic E-state index is -2.92. The molecule has 0 saturated carbocycles. The van der Waals surface area contributed by atoms with Crippen LogP contribution in [-0.2, 0) is 11.3 Å². The average Bonchev–Trinajstić information content (AvgIpc) is 3.10. The van der Waals surface area contributed by atoms with E-state index in [0.29, 0.717) is 53.6 Å². The summed E-state index contributed by atoms with van der Waals surface area (Å²) >= 11 is 0. The maximum absolute atomic E-state index is 14.0. The van der Waals surface area contributed by atoms with Crippen LogP contribution in [0.1, 0.15) is 15.9 Å². The van der Waals surface area contributed by atoms with E-state index in [2.05, 4.69) is 9.72 Å². The average molecular weight is 456 g/mol. The summed E-state index contributed by atoms with van der Waals surface area (Å²) in [5, 5.41) is 0. The van der Waals surface area contributed by atoms with Crippen molar-refractivity contribution in [3.05, 3.63) is 71.7 Å². The molecule has 1 amide bonds. The number of pyridine rings is 1. The summed E-state index contributed by atoms with van der Waals surface area (Å²) in [5.41, 5.74) is 2.79. The van der Waals surface area contributed by atoms with E-state index < -0.39 is 12.4 Å². The van der Waals surface area contributed by atoms with E-state index in [1.807, 2.05) is 0 Å². The second kappa shape index (κ2) is 8.74. The molecule has 5 rings (SSSR count). The zero-order chi connectivity index (χ0) is 22.9. The van der Waals surface area contributed by atoms with Gasteiger partial charge in [0, 0.05) is 40.6 Å². The SMILES string of the molecule is O=C1c2ccnc(-c3ccc(F)cc3OCC3COC3)c2CN1c1ccc(OC(F)F)cc1. The highest BCUT2D eigenvalue weighted by atomic mass is 19.3. The lowest BCUT2D eigenvalue weighted by Crippen LogP contribution is -2.32. The third-order valence-electron chi connectivity index (χ3n) is 5.60. The molecule has 0 radical (unpaired) electrons. The molecule has 2 aliphatic heterocycles. The smallest absolute Gasteiger partial charge is 0.387 e. The number of halogens is 3. The topological polar surface area (TPSA) is 60.9 Å². The van der Waals surface area contributed by atoms with Crippen LogP contribution in [0, 0.1) is 11.7 Å². The molecule has 0 N–H and O–H groups in total. The normalized spacial score (nSPS) is 15.5. The van der Waals surface area contributed by atoms with Crippen molar-refractivity contribution in [1.82, 2.24) is 4.98 Å². The lowest BCUT2D eigenvalue weighted by atomic mass is 10.0. The highest BCUT2D eigenvalue weighted by Gasteiger charge is 2.32. The van der Waals surface area contributed by atoms with Crippen LogP contribution in [0.2, 0.25) is 0 Å². The van der Waals surface area contributed by atoms with Gasteiger partial charge in [0.15, 0.2) is 0 Å². The van der Waals surface area contributed by atoms with E-state index in [-0.39, 0.29) is 24.1 Å². The minimum absolute atomic E-state index is 0.00484. The van der Waals surface area contributed by atoms with Gasteiger partial charge in [-0.2, -0.15) is 8.78 Å². The van der Waals surface area contributed by atoms with Crippen LogP contribution >= 0.6 is 0 Å². The number of benzene rings is 2. The first-order valence-corrected chi connectivity index (χ1v) is 10.3. The molecule has 0 atom stereocenters. The molecule has 2 aromatic carbocycles. The highest BCUT2D eigenvalue weighted by Crippen LogP contribution is 2.38. The molecule has 0 aliphatic carbocycles. The Bertz CT molecular complexity index is 1180. The number of anilines is 1. The molecule has 6 nitrogen and oxygen atoms in total. The van der Waals surface area contributed by atoms with Crippen LogP contribution in [0.25, 0.3) is 11.3 Å². The Morgan fingerprint density at radius 2 is 1.88 bits per heavy atom. The van der Waals surface area contributed by atoms with Crippen molar-refractivity contribution in [3.63, 3.8) is 0 Å². The molecular weight excluding hydrogens is 437 g/mol. The molecule has 170 valence electrons.